The topological polar surface area (TPSA) is 98.5 Å². The first-order valence-corrected chi connectivity index (χ1v) is 11.7. The predicted molar refractivity (Wildman–Crippen MR) is 119 cm³/mol. The third-order valence-corrected chi connectivity index (χ3v) is 5.98. The smallest absolute Gasteiger partial charge is 0.244 e. The van der Waals surface area contributed by atoms with Gasteiger partial charge in [-0.3, -0.25) is 4.79 Å². The average Bonchev–Trinajstić information content (AvgIpc) is 3.25. The number of rotatable bonds is 9. The lowest BCUT2D eigenvalue weighted by Crippen LogP contribution is -2.23. The van der Waals surface area contributed by atoms with Crippen LogP contribution in [0.5, 0.6) is 5.75 Å². The lowest BCUT2D eigenvalue weighted by Gasteiger charge is -2.12. The molecule has 0 unspecified atom stereocenters. The van der Waals surface area contributed by atoms with Gasteiger partial charge in [-0.1, -0.05) is 42.5 Å². The average molecular weight is 443 g/mol. The predicted octanol–water partition coefficient (Wildman–Crippen LogP) is 3.35. The number of carbonyl (C=O) groups excluding carboxylic acids is 1. The molecule has 156 valence electrons. The van der Waals surface area contributed by atoms with Crippen molar-refractivity contribution in [1.82, 2.24) is 5.32 Å². The Morgan fingerprint density at radius 3 is 2.57 bits per heavy atom. The van der Waals surface area contributed by atoms with Crippen LogP contribution < -0.4 is 15.2 Å². The molecule has 3 rings (SSSR count). The number of hydrogen-bond donors (Lipinski definition) is 2. The standard InChI is InChI=1S/C22H22N2O4S2/c23-30(26,27)21-15-17(8-10-20(21)28-16-18-5-2-1-3-6-18)12-13-24-22(25)11-9-19-7-4-14-29-19/h1-11,14-15H,12-13,16H2,(H,24,25)(H2,23,26,27). The van der Waals surface area contributed by atoms with E-state index in [9.17, 15) is 13.2 Å². The Morgan fingerprint density at radius 1 is 1.07 bits per heavy atom. The van der Waals surface area contributed by atoms with Gasteiger partial charge < -0.3 is 10.1 Å². The summed E-state index contributed by atoms with van der Waals surface area (Å²) in [6.45, 7) is 0.594. The Balaban J connectivity index is 1.60. The highest BCUT2D eigenvalue weighted by molar-refractivity contribution is 7.89. The van der Waals surface area contributed by atoms with E-state index in [1.165, 1.54) is 12.1 Å². The number of nitrogens with two attached hydrogens (primary N) is 1. The summed E-state index contributed by atoms with van der Waals surface area (Å²) in [5.74, 6) is -0.00842. The fraction of sp³-hybridized carbons (Fsp3) is 0.136. The molecular formula is C22H22N2O4S2. The summed E-state index contributed by atoms with van der Waals surface area (Å²) in [4.78, 5) is 12.8. The number of nitrogens with one attached hydrogen (secondary N) is 1. The van der Waals surface area contributed by atoms with Gasteiger partial charge in [-0.05, 0) is 47.2 Å². The van der Waals surface area contributed by atoms with E-state index in [1.807, 2.05) is 47.8 Å². The molecule has 0 aliphatic carbocycles. The van der Waals surface area contributed by atoms with Crippen molar-refractivity contribution in [3.8, 4) is 5.75 Å². The van der Waals surface area contributed by atoms with Gasteiger partial charge in [0.1, 0.15) is 17.3 Å². The van der Waals surface area contributed by atoms with Gasteiger partial charge in [0.2, 0.25) is 15.9 Å². The summed E-state index contributed by atoms with van der Waals surface area (Å²) in [5, 5.41) is 10.1. The molecule has 0 saturated heterocycles. The molecule has 0 fully saturated rings. The molecule has 0 aliphatic heterocycles. The zero-order valence-corrected chi connectivity index (χ0v) is 17.8. The van der Waals surface area contributed by atoms with Crippen molar-refractivity contribution in [1.29, 1.82) is 0 Å². The number of carbonyl (C=O) groups is 1. The zero-order chi connectivity index (χ0) is 21.4. The number of amides is 1. The van der Waals surface area contributed by atoms with Crippen LogP contribution in [0.15, 0.2) is 77.0 Å². The number of benzene rings is 2. The highest BCUT2D eigenvalue weighted by atomic mass is 32.2. The van der Waals surface area contributed by atoms with Crippen LogP contribution >= 0.6 is 11.3 Å². The second-order valence-electron chi connectivity index (χ2n) is 6.49. The number of sulfonamides is 1. The minimum Gasteiger partial charge on any atom is -0.487 e. The molecule has 3 N–H and O–H groups in total. The van der Waals surface area contributed by atoms with Crippen LogP contribution in [-0.4, -0.2) is 20.9 Å². The molecule has 6 nitrogen and oxygen atoms in total. The maximum Gasteiger partial charge on any atom is 0.244 e. The van der Waals surface area contributed by atoms with Gasteiger partial charge in [-0.2, -0.15) is 0 Å². The lowest BCUT2D eigenvalue weighted by molar-refractivity contribution is -0.116. The quantitative estimate of drug-likeness (QED) is 0.497. The monoisotopic (exact) mass is 442 g/mol. The van der Waals surface area contributed by atoms with E-state index in [4.69, 9.17) is 9.88 Å². The van der Waals surface area contributed by atoms with E-state index in [0.29, 0.717) is 13.0 Å². The molecule has 0 saturated carbocycles. The van der Waals surface area contributed by atoms with Gasteiger partial charge in [0.15, 0.2) is 0 Å². The second kappa shape index (κ2) is 10.2. The summed E-state index contributed by atoms with van der Waals surface area (Å²) in [6.07, 6.45) is 3.68. The van der Waals surface area contributed by atoms with Crippen LogP contribution in [0.1, 0.15) is 16.0 Å². The van der Waals surface area contributed by atoms with Crippen molar-refractivity contribution in [3.63, 3.8) is 0 Å². The normalized spacial score (nSPS) is 11.5. The Bertz CT molecular complexity index is 1110. The Morgan fingerprint density at radius 2 is 1.87 bits per heavy atom. The van der Waals surface area contributed by atoms with E-state index in [-0.39, 0.29) is 23.2 Å². The molecule has 1 amide bonds. The van der Waals surface area contributed by atoms with E-state index in [1.54, 1.807) is 29.5 Å². The minimum atomic E-state index is -3.96. The van der Waals surface area contributed by atoms with Crippen molar-refractivity contribution >= 4 is 33.3 Å². The van der Waals surface area contributed by atoms with Crippen molar-refractivity contribution in [3.05, 3.63) is 88.1 Å². The van der Waals surface area contributed by atoms with Crippen molar-refractivity contribution in [2.45, 2.75) is 17.9 Å². The molecule has 0 aliphatic rings. The van der Waals surface area contributed by atoms with Crippen LogP contribution in [0.3, 0.4) is 0 Å². The number of thiophene rings is 1. The third-order valence-electron chi connectivity index (χ3n) is 4.21. The van der Waals surface area contributed by atoms with E-state index in [0.717, 1.165) is 16.0 Å². The van der Waals surface area contributed by atoms with Crippen molar-refractivity contribution in [2.24, 2.45) is 5.14 Å². The Kier molecular flexibility index (Phi) is 7.40. The van der Waals surface area contributed by atoms with Crippen LogP contribution in [0.2, 0.25) is 0 Å². The molecule has 0 radical (unpaired) electrons. The summed E-state index contributed by atoms with van der Waals surface area (Å²) in [6, 6.07) is 18.1. The van der Waals surface area contributed by atoms with Gasteiger partial charge in [0.05, 0.1) is 0 Å². The first kappa shape index (κ1) is 21.8. The molecule has 1 heterocycles. The first-order valence-electron chi connectivity index (χ1n) is 9.24. The van der Waals surface area contributed by atoms with Crippen molar-refractivity contribution in [2.75, 3.05) is 6.54 Å². The maximum atomic E-state index is 12.0. The lowest BCUT2D eigenvalue weighted by atomic mass is 10.1. The van der Waals surface area contributed by atoms with Gasteiger partial charge >= 0.3 is 0 Å². The molecular weight excluding hydrogens is 420 g/mol. The number of ether oxygens (including phenoxy) is 1. The maximum absolute atomic E-state index is 12.0. The molecule has 8 heteroatoms. The van der Waals surface area contributed by atoms with E-state index < -0.39 is 10.0 Å². The molecule has 30 heavy (non-hydrogen) atoms. The van der Waals surface area contributed by atoms with Crippen LogP contribution in [0.4, 0.5) is 0 Å². The fourth-order valence-electron chi connectivity index (χ4n) is 2.72. The molecule has 3 aromatic rings. The minimum absolute atomic E-state index is 0.0696. The molecule has 1 aromatic heterocycles. The summed E-state index contributed by atoms with van der Waals surface area (Å²) >= 11 is 1.55. The Hall–Kier alpha value is -2.94. The SMILES string of the molecule is NS(=O)(=O)c1cc(CCNC(=O)C=Cc2cccs2)ccc1OCc1ccccc1. The molecule has 0 atom stereocenters. The highest BCUT2D eigenvalue weighted by Gasteiger charge is 2.16. The molecule has 0 spiro atoms. The van der Waals surface area contributed by atoms with Crippen LogP contribution in [0.25, 0.3) is 6.08 Å². The fourth-order valence-corrected chi connectivity index (χ4v) is 4.06. The summed E-state index contributed by atoms with van der Waals surface area (Å²) < 4.78 is 29.7. The number of hydrogen-bond acceptors (Lipinski definition) is 5. The highest BCUT2D eigenvalue weighted by Crippen LogP contribution is 2.25. The number of primary sulfonamides is 1. The summed E-state index contributed by atoms with van der Waals surface area (Å²) in [5.41, 5.74) is 1.65. The first-order chi connectivity index (χ1) is 14.4. The van der Waals surface area contributed by atoms with E-state index >= 15 is 0 Å². The third kappa shape index (κ3) is 6.55. The zero-order valence-electron chi connectivity index (χ0n) is 16.2. The van der Waals surface area contributed by atoms with Crippen LogP contribution in [-0.2, 0) is 27.8 Å². The van der Waals surface area contributed by atoms with Crippen LogP contribution in [0, 0.1) is 0 Å². The van der Waals surface area contributed by atoms with Gasteiger partial charge in [0.25, 0.3) is 0 Å². The van der Waals surface area contributed by atoms with E-state index in [2.05, 4.69) is 5.32 Å². The second-order valence-corrected chi connectivity index (χ2v) is 9.00. The van der Waals surface area contributed by atoms with Gasteiger partial charge in [-0.15, -0.1) is 11.3 Å². The van der Waals surface area contributed by atoms with Crippen molar-refractivity contribution < 1.29 is 17.9 Å². The molecule has 0 bridgehead atoms. The molecule has 2 aromatic carbocycles. The van der Waals surface area contributed by atoms with Gasteiger partial charge in [-0.25, -0.2) is 13.6 Å². The largest absolute Gasteiger partial charge is 0.487 e. The Labute approximate surface area is 180 Å². The summed E-state index contributed by atoms with van der Waals surface area (Å²) in [7, 11) is -3.96. The van der Waals surface area contributed by atoms with Gasteiger partial charge in [0, 0.05) is 17.5 Å².